The van der Waals surface area contributed by atoms with Gasteiger partial charge in [-0.15, -0.1) is 0 Å². The Balaban J connectivity index is 1.17. The van der Waals surface area contributed by atoms with Crippen LogP contribution in [-0.2, 0) is 37.4 Å². The van der Waals surface area contributed by atoms with Crippen molar-refractivity contribution < 1.29 is 9.35 Å². The first kappa shape index (κ1) is 35.1. The molecule has 8 nitrogen and oxygen atoms in total. The summed E-state index contributed by atoms with van der Waals surface area (Å²) in [5.74, 6) is 1.35. The molecule has 0 bridgehead atoms. The number of nitrogens with one attached hydrogen (secondary N) is 1. The average molecular weight is 732 g/mol. The van der Waals surface area contributed by atoms with Gasteiger partial charge in [0.25, 0.3) is 5.91 Å². The van der Waals surface area contributed by atoms with Gasteiger partial charge in [-0.3, -0.25) is 4.79 Å². The minimum Gasteiger partial charge on any atom is -0.598 e. The van der Waals surface area contributed by atoms with Gasteiger partial charge in [-0.25, -0.2) is 4.98 Å². The number of benzene rings is 3. The van der Waals surface area contributed by atoms with Crippen LogP contribution in [0, 0.1) is 19.3 Å². The standard InChI is InChI=1S/C39H44Cl2N6O2S/c1-24-12-13-26(18-25(24)2)21-43-35-30-23-47(22-28-9-7-11-32(40)33(28)41)36(48)34(30)44-37(45-35)46-16-14-39(15-17-46)19-27-8-5-6-10-29(27)31(39)20-38(3,4)50(42)49/h5-13,18,31H,14-17,19-23,42H2,1-4H3,(H,43,44,45)/t31-,50?/m1/s1. The maximum atomic E-state index is 14.0. The second-order valence-electron chi connectivity index (χ2n) is 14.9. The second-order valence-corrected chi connectivity index (χ2v) is 17.4. The lowest BCUT2D eigenvalue weighted by molar-refractivity contribution is 0.0762. The van der Waals surface area contributed by atoms with Crippen LogP contribution in [0.1, 0.15) is 88.5 Å². The number of nitrogens with zero attached hydrogens (tertiary/aromatic N) is 4. The van der Waals surface area contributed by atoms with Crippen molar-refractivity contribution in [1.29, 1.82) is 0 Å². The third-order valence-corrected chi connectivity index (χ3v) is 13.4. The number of halogens is 2. The monoisotopic (exact) mass is 730 g/mol. The second kappa shape index (κ2) is 13.7. The number of amides is 1. The lowest BCUT2D eigenvalue weighted by atomic mass is 9.67. The molecule has 1 unspecified atom stereocenters. The summed E-state index contributed by atoms with van der Waals surface area (Å²) in [5, 5.41) is 10.5. The molecule has 7 rings (SSSR count). The number of aromatic nitrogens is 2. The Morgan fingerprint density at radius 2 is 1.80 bits per heavy atom. The highest BCUT2D eigenvalue weighted by atomic mass is 35.5. The first-order valence-electron chi connectivity index (χ1n) is 17.3. The van der Waals surface area contributed by atoms with Gasteiger partial charge >= 0.3 is 0 Å². The zero-order valence-electron chi connectivity index (χ0n) is 29.1. The van der Waals surface area contributed by atoms with Crippen LogP contribution in [0.25, 0.3) is 0 Å². The fourth-order valence-corrected chi connectivity index (χ4v) is 8.76. The molecule has 4 aromatic rings. The summed E-state index contributed by atoms with van der Waals surface area (Å²) >= 11 is 11.4. The summed E-state index contributed by atoms with van der Waals surface area (Å²) in [5.41, 5.74) is 8.38. The van der Waals surface area contributed by atoms with Crippen LogP contribution in [0.2, 0.25) is 10.0 Å². The highest BCUT2D eigenvalue weighted by Gasteiger charge is 2.51. The SMILES string of the molecule is Cc1ccc(CNc2nc(N3CCC4(CC3)Cc3ccccc3[C@H]4CC(C)(C)[S+](N)[O-])nc3c2CN(Cc2cccc(Cl)c2Cl)C3=O)cc1C. The van der Waals surface area contributed by atoms with Crippen LogP contribution < -0.4 is 15.4 Å². The number of hydrogen-bond donors (Lipinski definition) is 2. The van der Waals surface area contributed by atoms with E-state index >= 15 is 0 Å². The molecule has 262 valence electrons. The largest absolute Gasteiger partial charge is 0.598 e. The molecule has 1 saturated heterocycles. The average Bonchev–Trinajstić information content (AvgIpc) is 3.56. The minimum atomic E-state index is -1.44. The van der Waals surface area contributed by atoms with E-state index < -0.39 is 16.1 Å². The number of nitrogens with two attached hydrogens (primary N) is 1. The molecular formula is C39H44Cl2N6O2S. The first-order valence-corrected chi connectivity index (χ1v) is 19.2. The molecule has 1 spiro atoms. The van der Waals surface area contributed by atoms with E-state index in [0.29, 0.717) is 47.1 Å². The number of anilines is 2. The number of aryl methyl sites for hydroxylation is 2. The zero-order chi connectivity index (χ0) is 35.4. The Morgan fingerprint density at radius 3 is 2.54 bits per heavy atom. The molecule has 11 heteroatoms. The lowest BCUT2D eigenvalue weighted by Gasteiger charge is -2.45. The fourth-order valence-electron chi connectivity index (χ4n) is 8.05. The van der Waals surface area contributed by atoms with Crippen LogP contribution >= 0.6 is 23.2 Å². The van der Waals surface area contributed by atoms with Crippen LogP contribution in [0.15, 0.2) is 60.7 Å². The third-order valence-electron chi connectivity index (χ3n) is 11.3. The predicted molar refractivity (Wildman–Crippen MR) is 203 cm³/mol. The molecule has 3 aliphatic rings. The molecule has 0 saturated carbocycles. The topological polar surface area (TPSA) is 110 Å². The van der Waals surface area contributed by atoms with Crippen molar-refractivity contribution in [2.24, 2.45) is 10.6 Å². The van der Waals surface area contributed by atoms with Crippen molar-refractivity contribution in [1.82, 2.24) is 14.9 Å². The summed E-state index contributed by atoms with van der Waals surface area (Å²) in [6.45, 7) is 11.0. The normalized spacial score (nSPS) is 18.8. The fraction of sp³-hybridized carbons (Fsp3) is 0.410. The van der Waals surface area contributed by atoms with Crippen molar-refractivity contribution in [2.75, 3.05) is 23.3 Å². The van der Waals surface area contributed by atoms with Crippen molar-refractivity contribution in [3.05, 3.63) is 115 Å². The van der Waals surface area contributed by atoms with Crippen LogP contribution in [0.4, 0.5) is 11.8 Å². The number of rotatable bonds is 9. The molecule has 1 amide bonds. The molecule has 3 heterocycles. The first-order chi connectivity index (χ1) is 23.8. The summed E-state index contributed by atoms with van der Waals surface area (Å²) < 4.78 is 12.1. The van der Waals surface area contributed by atoms with Crippen molar-refractivity contribution in [3.8, 4) is 0 Å². The Kier molecular flexibility index (Phi) is 9.58. The van der Waals surface area contributed by atoms with Crippen LogP contribution in [0.3, 0.4) is 0 Å². The van der Waals surface area contributed by atoms with Crippen LogP contribution in [0.5, 0.6) is 0 Å². The van der Waals surface area contributed by atoms with Gasteiger partial charge in [-0.2, -0.15) is 10.1 Å². The molecule has 2 aliphatic heterocycles. The number of hydrogen-bond acceptors (Lipinski definition) is 7. The summed E-state index contributed by atoms with van der Waals surface area (Å²) in [4.78, 5) is 28.0. The van der Waals surface area contributed by atoms with Crippen molar-refractivity contribution in [3.63, 3.8) is 0 Å². The smallest absolute Gasteiger partial charge is 0.273 e. The maximum absolute atomic E-state index is 14.0. The number of piperidine rings is 1. The van der Waals surface area contributed by atoms with Gasteiger partial charge in [0.2, 0.25) is 5.95 Å². The van der Waals surface area contributed by atoms with E-state index in [1.165, 1.54) is 22.3 Å². The van der Waals surface area contributed by atoms with Gasteiger partial charge in [-0.05, 0) is 97.7 Å². The van der Waals surface area contributed by atoms with Gasteiger partial charge in [-0.1, -0.05) is 77.8 Å². The summed E-state index contributed by atoms with van der Waals surface area (Å²) in [7, 11) is 0. The highest BCUT2D eigenvalue weighted by molar-refractivity contribution is 7.90. The molecule has 3 N–H and O–H groups in total. The molecule has 2 atom stereocenters. The van der Waals surface area contributed by atoms with Crippen molar-refractivity contribution in [2.45, 2.75) is 83.7 Å². The minimum absolute atomic E-state index is 0.0286. The van der Waals surface area contributed by atoms with E-state index in [2.05, 4.69) is 66.5 Å². The van der Waals surface area contributed by atoms with Gasteiger partial charge < -0.3 is 19.7 Å². The Labute approximate surface area is 308 Å². The van der Waals surface area contributed by atoms with Gasteiger partial charge in [0, 0.05) is 49.5 Å². The lowest BCUT2D eigenvalue weighted by Crippen LogP contribution is -2.46. The van der Waals surface area contributed by atoms with E-state index in [1.807, 2.05) is 26.0 Å². The van der Waals surface area contributed by atoms with E-state index in [9.17, 15) is 9.35 Å². The highest BCUT2D eigenvalue weighted by Crippen LogP contribution is 2.56. The predicted octanol–water partition coefficient (Wildman–Crippen LogP) is 7.89. The van der Waals surface area contributed by atoms with Gasteiger partial charge in [0.15, 0.2) is 0 Å². The number of carbonyl (C=O) groups excluding carboxylic acids is 1. The molecule has 3 aromatic carbocycles. The molecule has 1 aromatic heterocycles. The molecule has 1 fully saturated rings. The number of carbonyl (C=O) groups is 1. The Hall–Kier alpha value is -3.34. The quantitative estimate of drug-likeness (QED) is 0.169. The van der Waals surface area contributed by atoms with Gasteiger partial charge in [0.05, 0.1) is 16.6 Å². The Bertz CT molecular complexity index is 1940. The summed E-state index contributed by atoms with van der Waals surface area (Å²) in [6, 6.07) is 20.6. The zero-order valence-corrected chi connectivity index (χ0v) is 31.4. The van der Waals surface area contributed by atoms with E-state index in [-0.39, 0.29) is 17.2 Å². The molecule has 0 radical (unpaired) electrons. The Morgan fingerprint density at radius 1 is 1.04 bits per heavy atom. The van der Waals surface area contributed by atoms with E-state index in [0.717, 1.165) is 55.5 Å². The molecular weight excluding hydrogens is 687 g/mol. The van der Waals surface area contributed by atoms with Gasteiger partial charge in [0.1, 0.15) is 16.3 Å². The third kappa shape index (κ3) is 6.59. The van der Waals surface area contributed by atoms with Crippen LogP contribution in [-0.4, -0.2) is 43.2 Å². The summed E-state index contributed by atoms with van der Waals surface area (Å²) in [6.07, 6.45) is 3.61. The van der Waals surface area contributed by atoms with E-state index in [4.69, 9.17) is 38.3 Å². The maximum Gasteiger partial charge on any atom is 0.273 e. The molecule has 50 heavy (non-hydrogen) atoms. The molecule has 1 aliphatic carbocycles. The van der Waals surface area contributed by atoms with E-state index in [1.54, 1.807) is 11.0 Å². The number of fused-ring (bicyclic) bond motifs is 2. The van der Waals surface area contributed by atoms with Crippen molar-refractivity contribution >= 4 is 52.2 Å².